The van der Waals surface area contributed by atoms with Crippen molar-refractivity contribution in [2.45, 2.75) is 39.0 Å². The standard InChI is InChI=1S/C27H27FN2O2/c1-2-3-5-19-7-14-24(15-8-19)29-26(31)22-11-16-25-21(18-22)6-4-17-30(25)27(32)20-9-12-23(28)13-10-20/h7-16,18H,2-6,17H2,1H3,(H,29,31). The molecule has 0 unspecified atom stereocenters. The normalized spacial score (nSPS) is 12.9. The maximum atomic E-state index is 13.2. The van der Waals surface area contributed by atoms with Crippen molar-refractivity contribution in [2.75, 3.05) is 16.8 Å². The lowest BCUT2D eigenvalue weighted by Crippen LogP contribution is -2.35. The third kappa shape index (κ3) is 4.88. The zero-order valence-corrected chi connectivity index (χ0v) is 18.2. The molecule has 5 heteroatoms. The van der Waals surface area contributed by atoms with Gasteiger partial charge in [0.2, 0.25) is 0 Å². The Morgan fingerprint density at radius 2 is 1.69 bits per heavy atom. The number of nitrogens with zero attached hydrogens (tertiary/aromatic N) is 1. The molecule has 3 aromatic rings. The lowest BCUT2D eigenvalue weighted by atomic mass is 9.98. The van der Waals surface area contributed by atoms with Crippen LogP contribution in [0.15, 0.2) is 66.7 Å². The number of nitrogens with one attached hydrogen (secondary N) is 1. The minimum Gasteiger partial charge on any atom is -0.322 e. The van der Waals surface area contributed by atoms with Crippen LogP contribution in [0.5, 0.6) is 0 Å². The molecule has 0 bridgehead atoms. The minimum atomic E-state index is -0.369. The first-order valence-electron chi connectivity index (χ1n) is 11.2. The summed E-state index contributed by atoms with van der Waals surface area (Å²) in [5, 5.41) is 2.96. The molecular formula is C27H27FN2O2. The van der Waals surface area contributed by atoms with E-state index in [0.29, 0.717) is 17.7 Å². The van der Waals surface area contributed by atoms with Gasteiger partial charge in [0.25, 0.3) is 11.8 Å². The highest BCUT2D eigenvalue weighted by Gasteiger charge is 2.24. The molecule has 0 aromatic heterocycles. The number of fused-ring (bicyclic) bond motifs is 1. The number of amides is 2. The first kappa shape index (κ1) is 21.8. The van der Waals surface area contributed by atoms with Crippen LogP contribution < -0.4 is 10.2 Å². The van der Waals surface area contributed by atoms with E-state index in [4.69, 9.17) is 0 Å². The summed E-state index contributed by atoms with van der Waals surface area (Å²) >= 11 is 0. The molecule has 3 aromatic carbocycles. The van der Waals surface area contributed by atoms with Crippen molar-refractivity contribution >= 4 is 23.2 Å². The van der Waals surface area contributed by atoms with Gasteiger partial charge in [-0.3, -0.25) is 9.59 Å². The van der Waals surface area contributed by atoms with Gasteiger partial charge in [0, 0.05) is 29.0 Å². The van der Waals surface area contributed by atoms with Crippen LogP contribution in [0.1, 0.15) is 58.0 Å². The number of carbonyl (C=O) groups excluding carboxylic acids is 2. The van der Waals surface area contributed by atoms with E-state index in [0.717, 1.165) is 49.0 Å². The maximum Gasteiger partial charge on any atom is 0.258 e. The van der Waals surface area contributed by atoms with E-state index < -0.39 is 0 Å². The number of anilines is 2. The van der Waals surface area contributed by atoms with Gasteiger partial charge in [0.15, 0.2) is 0 Å². The molecule has 4 rings (SSSR count). The molecule has 1 heterocycles. The molecule has 0 atom stereocenters. The summed E-state index contributed by atoms with van der Waals surface area (Å²) in [6.07, 6.45) is 4.97. The highest BCUT2D eigenvalue weighted by Crippen LogP contribution is 2.30. The van der Waals surface area contributed by atoms with E-state index in [1.54, 1.807) is 11.0 Å². The minimum absolute atomic E-state index is 0.161. The molecule has 164 valence electrons. The van der Waals surface area contributed by atoms with Crippen LogP contribution in [0.3, 0.4) is 0 Å². The van der Waals surface area contributed by atoms with E-state index in [1.807, 2.05) is 24.3 Å². The maximum absolute atomic E-state index is 13.2. The Balaban J connectivity index is 1.48. The molecule has 0 aliphatic carbocycles. The quantitative estimate of drug-likeness (QED) is 0.520. The third-order valence-electron chi connectivity index (χ3n) is 5.83. The molecule has 0 saturated heterocycles. The number of aryl methyl sites for hydroxylation is 2. The van der Waals surface area contributed by atoms with Gasteiger partial charge in [-0.15, -0.1) is 0 Å². The fraction of sp³-hybridized carbons (Fsp3) is 0.259. The summed E-state index contributed by atoms with van der Waals surface area (Å²) in [7, 11) is 0. The van der Waals surface area contributed by atoms with Crippen LogP contribution >= 0.6 is 0 Å². The van der Waals surface area contributed by atoms with E-state index in [1.165, 1.54) is 29.8 Å². The van der Waals surface area contributed by atoms with Gasteiger partial charge >= 0.3 is 0 Å². The van der Waals surface area contributed by atoms with Crippen LogP contribution in [-0.4, -0.2) is 18.4 Å². The van der Waals surface area contributed by atoms with Gasteiger partial charge in [-0.2, -0.15) is 0 Å². The predicted molar refractivity (Wildman–Crippen MR) is 126 cm³/mol. The fourth-order valence-corrected chi connectivity index (χ4v) is 4.04. The Kier molecular flexibility index (Phi) is 6.64. The van der Waals surface area contributed by atoms with Crippen LogP contribution in [0, 0.1) is 5.82 Å². The van der Waals surface area contributed by atoms with E-state index in [-0.39, 0.29) is 17.6 Å². The van der Waals surface area contributed by atoms with Crippen LogP contribution in [0.2, 0.25) is 0 Å². The van der Waals surface area contributed by atoms with Crippen molar-refractivity contribution in [3.05, 3.63) is 94.8 Å². The van der Waals surface area contributed by atoms with Crippen molar-refractivity contribution in [2.24, 2.45) is 0 Å². The highest BCUT2D eigenvalue weighted by molar-refractivity contribution is 6.08. The van der Waals surface area contributed by atoms with Crippen molar-refractivity contribution in [3.8, 4) is 0 Å². The second kappa shape index (κ2) is 9.77. The summed E-state index contributed by atoms with van der Waals surface area (Å²) in [5.41, 5.74) is 4.82. The second-order valence-electron chi connectivity index (χ2n) is 8.17. The van der Waals surface area contributed by atoms with E-state index >= 15 is 0 Å². The number of rotatable bonds is 6. The fourth-order valence-electron chi connectivity index (χ4n) is 4.04. The number of halogens is 1. The van der Waals surface area contributed by atoms with Gasteiger partial charge in [0.05, 0.1) is 0 Å². The Hall–Kier alpha value is -3.47. The summed E-state index contributed by atoms with van der Waals surface area (Å²) in [6.45, 7) is 2.77. The molecule has 2 amide bonds. The first-order valence-corrected chi connectivity index (χ1v) is 11.2. The van der Waals surface area contributed by atoms with Crippen molar-refractivity contribution in [1.82, 2.24) is 0 Å². The monoisotopic (exact) mass is 430 g/mol. The molecule has 1 aliphatic heterocycles. The summed E-state index contributed by atoms with van der Waals surface area (Å²) < 4.78 is 13.2. The second-order valence-corrected chi connectivity index (χ2v) is 8.17. The highest BCUT2D eigenvalue weighted by atomic mass is 19.1. The Morgan fingerprint density at radius 1 is 0.969 bits per heavy atom. The van der Waals surface area contributed by atoms with Crippen LogP contribution in [-0.2, 0) is 12.8 Å². The lowest BCUT2D eigenvalue weighted by Gasteiger charge is -2.30. The summed E-state index contributed by atoms with van der Waals surface area (Å²) in [4.78, 5) is 27.5. The van der Waals surface area contributed by atoms with Gasteiger partial charge in [0.1, 0.15) is 5.82 Å². The molecule has 4 nitrogen and oxygen atoms in total. The lowest BCUT2D eigenvalue weighted by molar-refractivity contribution is 0.0984. The number of unbranched alkanes of at least 4 members (excludes halogenated alkanes) is 1. The molecule has 0 saturated carbocycles. The number of carbonyl (C=O) groups is 2. The smallest absolute Gasteiger partial charge is 0.258 e. The zero-order chi connectivity index (χ0) is 22.5. The van der Waals surface area contributed by atoms with E-state index in [2.05, 4.69) is 24.4 Å². The van der Waals surface area contributed by atoms with Gasteiger partial charge in [-0.05, 0) is 91.4 Å². The average molecular weight is 431 g/mol. The van der Waals surface area contributed by atoms with Gasteiger partial charge in [-0.1, -0.05) is 25.5 Å². The van der Waals surface area contributed by atoms with Gasteiger partial charge < -0.3 is 10.2 Å². The number of hydrogen-bond acceptors (Lipinski definition) is 2. The number of hydrogen-bond donors (Lipinski definition) is 1. The largest absolute Gasteiger partial charge is 0.322 e. The summed E-state index contributed by atoms with van der Waals surface area (Å²) in [5.74, 6) is -0.700. The van der Waals surface area contributed by atoms with Crippen LogP contribution in [0.25, 0.3) is 0 Å². The SMILES string of the molecule is CCCCc1ccc(NC(=O)c2ccc3c(c2)CCCN3C(=O)c2ccc(F)cc2)cc1. The Bertz CT molecular complexity index is 1110. The van der Waals surface area contributed by atoms with E-state index in [9.17, 15) is 14.0 Å². The van der Waals surface area contributed by atoms with Crippen molar-refractivity contribution in [3.63, 3.8) is 0 Å². The molecule has 0 radical (unpaired) electrons. The number of benzene rings is 3. The van der Waals surface area contributed by atoms with Gasteiger partial charge in [-0.25, -0.2) is 4.39 Å². The molecule has 1 N–H and O–H groups in total. The molecule has 1 aliphatic rings. The van der Waals surface area contributed by atoms with Crippen molar-refractivity contribution in [1.29, 1.82) is 0 Å². The molecule has 0 spiro atoms. The zero-order valence-electron chi connectivity index (χ0n) is 18.2. The average Bonchev–Trinajstić information content (AvgIpc) is 2.83. The molecular weight excluding hydrogens is 403 g/mol. The third-order valence-corrected chi connectivity index (χ3v) is 5.83. The topological polar surface area (TPSA) is 49.4 Å². The Labute approximate surface area is 188 Å². The first-order chi connectivity index (χ1) is 15.5. The predicted octanol–water partition coefficient (Wildman–Crippen LogP) is 6.01. The Morgan fingerprint density at radius 3 is 2.41 bits per heavy atom. The van der Waals surface area contributed by atoms with Crippen molar-refractivity contribution < 1.29 is 14.0 Å². The summed E-state index contributed by atoms with van der Waals surface area (Å²) in [6, 6.07) is 19.0. The molecule has 32 heavy (non-hydrogen) atoms. The van der Waals surface area contributed by atoms with Crippen LogP contribution in [0.4, 0.5) is 15.8 Å². The molecule has 0 fully saturated rings.